The molecule has 21 heavy (non-hydrogen) atoms. The first-order chi connectivity index (χ1) is 10.1. The molecule has 0 saturated carbocycles. The van der Waals surface area contributed by atoms with Crippen LogP contribution in [0.1, 0.15) is 42.0 Å². The molecule has 0 radical (unpaired) electrons. The highest BCUT2D eigenvalue weighted by Crippen LogP contribution is 2.27. The Hall–Kier alpha value is -0.640. The maximum absolute atomic E-state index is 3.59. The summed E-state index contributed by atoms with van der Waals surface area (Å²) in [5, 5.41) is 3.59. The Morgan fingerprint density at radius 2 is 1.90 bits per heavy atom. The van der Waals surface area contributed by atoms with Crippen LogP contribution in [0.15, 0.2) is 40.9 Å². The second kappa shape index (κ2) is 8.11. The first-order valence-electron chi connectivity index (χ1n) is 7.65. The van der Waals surface area contributed by atoms with E-state index in [0.29, 0.717) is 12.0 Å². The van der Waals surface area contributed by atoms with Crippen LogP contribution in [0, 0.1) is 0 Å². The lowest BCUT2D eigenvalue weighted by atomic mass is 9.94. The van der Waals surface area contributed by atoms with Crippen molar-refractivity contribution in [2.45, 2.75) is 45.6 Å². The molecule has 1 heterocycles. The summed E-state index contributed by atoms with van der Waals surface area (Å²) in [5.74, 6) is 0.522. The molecule has 0 saturated heterocycles. The van der Waals surface area contributed by atoms with Crippen LogP contribution in [-0.4, -0.2) is 12.6 Å². The van der Waals surface area contributed by atoms with Crippen LogP contribution >= 0.6 is 27.3 Å². The standard InChI is InChI=1S/C18H24BrNS/c1-4-17-8-9-18(21-17)11-15(12-20-13(2)3)14-6-5-7-16(19)10-14/h5-10,13,15,20H,4,11-12H2,1-3H3. The van der Waals surface area contributed by atoms with Crippen molar-refractivity contribution in [3.8, 4) is 0 Å². The maximum Gasteiger partial charge on any atom is 0.0178 e. The van der Waals surface area contributed by atoms with E-state index < -0.39 is 0 Å². The van der Waals surface area contributed by atoms with Crippen molar-refractivity contribution in [2.75, 3.05) is 6.54 Å². The predicted octanol–water partition coefficient (Wildman–Crippen LogP) is 5.40. The quantitative estimate of drug-likeness (QED) is 0.692. The van der Waals surface area contributed by atoms with Gasteiger partial charge in [0.1, 0.15) is 0 Å². The highest BCUT2D eigenvalue weighted by atomic mass is 79.9. The summed E-state index contributed by atoms with van der Waals surface area (Å²) in [6.07, 6.45) is 2.25. The van der Waals surface area contributed by atoms with Gasteiger partial charge in [-0.25, -0.2) is 0 Å². The Morgan fingerprint density at radius 3 is 2.52 bits per heavy atom. The predicted molar refractivity (Wildman–Crippen MR) is 97.4 cm³/mol. The molecule has 1 unspecified atom stereocenters. The van der Waals surface area contributed by atoms with E-state index in [1.165, 1.54) is 15.3 Å². The van der Waals surface area contributed by atoms with Crippen LogP contribution in [0.3, 0.4) is 0 Å². The number of aryl methyl sites for hydroxylation is 1. The molecule has 0 aliphatic heterocycles. The number of thiophene rings is 1. The van der Waals surface area contributed by atoms with Gasteiger partial charge in [-0.3, -0.25) is 0 Å². The number of nitrogens with one attached hydrogen (secondary N) is 1. The van der Waals surface area contributed by atoms with Crippen molar-refractivity contribution >= 4 is 27.3 Å². The van der Waals surface area contributed by atoms with Crippen LogP contribution in [0.5, 0.6) is 0 Å². The van der Waals surface area contributed by atoms with Crippen molar-refractivity contribution in [1.29, 1.82) is 0 Å². The molecule has 0 fully saturated rings. The summed E-state index contributed by atoms with van der Waals surface area (Å²) in [6, 6.07) is 13.8. The van der Waals surface area contributed by atoms with E-state index in [0.717, 1.165) is 23.9 Å². The minimum atomic E-state index is 0.522. The van der Waals surface area contributed by atoms with E-state index in [2.05, 4.69) is 78.4 Å². The normalized spacial score (nSPS) is 12.8. The van der Waals surface area contributed by atoms with Crippen molar-refractivity contribution in [3.63, 3.8) is 0 Å². The molecule has 0 spiro atoms. The SMILES string of the molecule is CCc1ccc(CC(CNC(C)C)c2cccc(Br)c2)s1. The lowest BCUT2D eigenvalue weighted by Gasteiger charge is -2.19. The van der Waals surface area contributed by atoms with Gasteiger partial charge in [0.25, 0.3) is 0 Å². The van der Waals surface area contributed by atoms with Crippen molar-refractivity contribution in [2.24, 2.45) is 0 Å². The third-order valence-corrected chi connectivity index (χ3v) is 5.35. The Labute approximate surface area is 140 Å². The molecule has 2 aromatic rings. The first-order valence-corrected chi connectivity index (χ1v) is 9.26. The number of rotatable bonds is 7. The third-order valence-electron chi connectivity index (χ3n) is 3.61. The van der Waals surface area contributed by atoms with E-state index in [-0.39, 0.29) is 0 Å². The van der Waals surface area contributed by atoms with Gasteiger partial charge in [0, 0.05) is 32.7 Å². The first kappa shape index (κ1) is 16.7. The number of hydrogen-bond acceptors (Lipinski definition) is 2. The molecule has 0 aliphatic rings. The van der Waals surface area contributed by atoms with Crippen LogP contribution in [0.25, 0.3) is 0 Å². The molecule has 1 aromatic heterocycles. The summed E-state index contributed by atoms with van der Waals surface area (Å²) in [6.45, 7) is 7.66. The molecule has 0 bridgehead atoms. The van der Waals surface area contributed by atoms with Crippen molar-refractivity contribution < 1.29 is 0 Å². The highest BCUT2D eigenvalue weighted by Gasteiger charge is 2.14. The van der Waals surface area contributed by atoms with Gasteiger partial charge in [-0.2, -0.15) is 0 Å². The van der Waals surface area contributed by atoms with Gasteiger partial charge in [0.05, 0.1) is 0 Å². The zero-order valence-electron chi connectivity index (χ0n) is 13.0. The molecule has 114 valence electrons. The molecule has 1 N–H and O–H groups in total. The maximum atomic E-state index is 3.59. The average Bonchev–Trinajstić information content (AvgIpc) is 2.91. The molecular weight excluding hydrogens is 342 g/mol. The lowest BCUT2D eigenvalue weighted by Crippen LogP contribution is -2.28. The highest BCUT2D eigenvalue weighted by molar-refractivity contribution is 9.10. The van der Waals surface area contributed by atoms with Gasteiger partial charge >= 0.3 is 0 Å². The van der Waals surface area contributed by atoms with Gasteiger partial charge in [-0.05, 0) is 42.7 Å². The smallest absolute Gasteiger partial charge is 0.0178 e. The minimum Gasteiger partial charge on any atom is -0.314 e. The van der Waals surface area contributed by atoms with Crippen molar-refractivity contribution in [1.82, 2.24) is 5.32 Å². The van der Waals surface area contributed by atoms with Gasteiger partial charge in [0.2, 0.25) is 0 Å². The molecular formula is C18H24BrNS. The van der Waals surface area contributed by atoms with E-state index >= 15 is 0 Å². The molecule has 1 aromatic carbocycles. The fraction of sp³-hybridized carbons (Fsp3) is 0.444. The minimum absolute atomic E-state index is 0.522. The Balaban J connectivity index is 2.15. The van der Waals surface area contributed by atoms with Gasteiger partial charge in [-0.15, -0.1) is 11.3 Å². The molecule has 2 rings (SSSR count). The fourth-order valence-electron chi connectivity index (χ4n) is 2.41. The lowest BCUT2D eigenvalue weighted by molar-refractivity contribution is 0.528. The Kier molecular flexibility index (Phi) is 6.46. The summed E-state index contributed by atoms with van der Waals surface area (Å²) < 4.78 is 1.16. The second-order valence-corrected chi connectivity index (χ2v) is 7.91. The summed E-state index contributed by atoms with van der Waals surface area (Å²) in [7, 11) is 0. The van der Waals surface area contributed by atoms with Crippen molar-refractivity contribution in [3.05, 3.63) is 56.2 Å². The van der Waals surface area contributed by atoms with E-state index in [4.69, 9.17) is 0 Å². The number of benzene rings is 1. The van der Waals surface area contributed by atoms with Crippen LogP contribution in [0.4, 0.5) is 0 Å². The molecule has 0 aliphatic carbocycles. The van der Waals surface area contributed by atoms with Crippen LogP contribution in [0.2, 0.25) is 0 Å². The third kappa shape index (κ3) is 5.24. The van der Waals surface area contributed by atoms with E-state index in [1.54, 1.807) is 0 Å². The molecule has 0 amide bonds. The van der Waals surface area contributed by atoms with Crippen LogP contribution < -0.4 is 5.32 Å². The fourth-order valence-corrected chi connectivity index (χ4v) is 3.87. The molecule has 3 heteroatoms. The van der Waals surface area contributed by atoms with E-state index in [1.807, 2.05) is 11.3 Å². The average molecular weight is 366 g/mol. The van der Waals surface area contributed by atoms with Crippen LogP contribution in [-0.2, 0) is 12.8 Å². The molecule has 1 atom stereocenters. The Bertz CT molecular complexity index is 562. The summed E-state index contributed by atoms with van der Waals surface area (Å²) in [5.41, 5.74) is 1.41. The van der Waals surface area contributed by atoms with Gasteiger partial charge < -0.3 is 5.32 Å². The zero-order valence-corrected chi connectivity index (χ0v) is 15.4. The number of hydrogen-bond donors (Lipinski definition) is 1. The number of halogens is 1. The van der Waals surface area contributed by atoms with Gasteiger partial charge in [-0.1, -0.05) is 48.8 Å². The van der Waals surface area contributed by atoms with Gasteiger partial charge in [0.15, 0.2) is 0 Å². The molecule has 1 nitrogen and oxygen atoms in total. The summed E-state index contributed by atoms with van der Waals surface area (Å²) in [4.78, 5) is 2.97. The summed E-state index contributed by atoms with van der Waals surface area (Å²) >= 11 is 5.55. The second-order valence-electron chi connectivity index (χ2n) is 5.74. The Morgan fingerprint density at radius 1 is 1.14 bits per heavy atom. The topological polar surface area (TPSA) is 12.0 Å². The monoisotopic (exact) mass is 365 g/mol. The van der Waals surface area contributed by atoms with E-state index in [9.17, 15) is 0 Å². The largest absolute Gasteiger partial charge is 0.314 e. The zero-order chi connectivity index (χ0) is 15.2.